The SMILES string of the molecule is FC(F)(F)c1cccc(-c2noc3c(-c4nccc(-c5cccnc5)n4)c(Cl)ccc23)c1. The molecule has 0 aliphatic carbocycles. The Bertz CT molecular complexity index is 1430. The van der Waals surface area contributed by atoms with E-state index in [-0.39, 0.29) is 16.8 Å². The number of nitrogens with zero attached hydrogens (tertiary/aromatic N) is 4. The maximum atomic E-state index is 13.2. The van der Waals surface area contributed by atoms with Crippen molar-refractivity contribution in [1.82, 2.24) is 20.1 Å². The molecule has 0 spiro atoms. The summed E-state index contributed by atoms with van der Waals surface area (Å²) >= 11 is 6.45. The summed E-state index contributed by atoms with van der Waals surface area (Å²) in [5, 5.41) is 4.86. The molecule has 0 fully saturated rings. The molecule has 0 atom stereocenters. The third kappa shape index (κ3) is 3.58. The third-order valence-corrected chi connectivity index (χ3v) is 5.20. The van der Waals surface area contributed by atoms with Crippen LogP contribution in [0.5, 0.6) is 0 Å². The Balaban J connectivity index is 1.66. The number of fused-ring (bicyclic) bond motifs is 1. The van der Waals surface area contributed by atoms with E-state index < -0.39 is 11.7 Å². The number of pyridine rings is 1. The number of rotatable bonds is 3. The number of halogens is 4. The Morgan fingerprint density at radius 1 is 0.906 bits per heavy atom. The first kappa shape index (κ1) is 20.1. The van der Waals surface area contributed by atoms with Gasteiger partial charge in [-0.2, -0.15) is 13.2 Å². The van der Waals surface area contributed by atoms with Crippen molar-refractivity contribution in [3.05, 3.63) is 83.8 Å². The van der Waals surface area contributed by atoms with Crippen LogP contribution in [0.3, 0.4) is 0 Å². The molecule has 3 heterocycles. The van der Waals surface area contributed by atoms with Gasteiger partial charge in [-0.25, -0.2) is 9.97 Å². The smallest absolute Gasteiger partial charge is 0.355 e. The lowest BCUT2D eigenvalue weighted by Crippen LogP contribution is -2.04. The Morgan fingerprint density at radius 2 is 1.75 bits per heavy atom. The van der Waals surface area contributed by atoms with Crippen molar-refractivity contribution in [2.45, 2.75) is 6.18 Å². The number of hydrogen-bond acceptors (Lipinski definition) is 5. The summed E-state index contributed by atoms with van der Waals surface area (Å²) in [6.07, 6.45) is 0.454. The fraction of sp³-hybridized carbons (Fsp3) is 0.0435. The van der Waals surface area contributed by atoms with Crippen molar-refractivity contribution >= 4 is 22.6 Å². The number of benzene rings is 2. The van der Waals surface area contributed by atoms with Gasteiger partial charge in [0.1, 0.15) is 5.69 Å². The molecule has 0 saturated heterocycles. The van der Waals surface area contributed by atoms with Crippen molar-refractivity contribution in [2.75, 3.05) is 0 Å². The summed E-state index contributed by atoms with van der Waals surface area (Å²) in [4.78, 5) is 13.0. The topological polar surface area (TPSA) is 64.7 Å². The van der Waals surface area contributed by atoms with Gasteiger partial charge in [-0.3, -0.25) is 4.98 Å². The van der Waals surface area contributed by atoms with Gasteiger partial charge in [0.2, 0.25) is 0 Å². The number of aromatic nitrogens is 4. The first-order valence-corrected chi connectivity index (χ1v) is 9.79. The fourth-order valence-electron chi connectivity index (χ4n) is 3.39. The molecule has 3 aromatic heterocycles. The molecule has 0 aliphatic rings. The van der Waals surface area contributed by atoms with Crippen LogP contribution in [0.1, 0.15) is 5.56 Å². The van der Waals surface area contributed by atoms with E-state index in [1.54, 1.807) is 48.9 Å². The summed E-state index contributed by atoms with van der Waals surface area (Å²) in [6, 6.07) is 13.6. The molecule has 5 aromatic rings. The van der Waals surface area contributed by atoms with Gasteiger partial charge in [0.05, 0.1) is 27.2 Å². The van der Waals surface area contributed by atoms with Crippen LogP contribution in [-0.2, 0) is 6.18 Å². The van der Waals surface area contributed by atoms with Gasteiger partial charge in [0, 0.05) is 29.7 Å². The highest BCUT2D eigenvalue weighted by atomic mass is 35.5. The third-order valence-electron chi connectivity index (χ3n) is 4.89. The standard InChI is InChI=1S/C23H12ClF3N4O/c24-17-7-6-16-20(13-3-1-5-15(11-13)23(25,26)27)31-32-21(16)19(17)22-29-10-8-18(30-22)14-4-2-9-28-12-14/h1-12H. The Kier molecular flexibility index (Phi) is 4.86. The van der Waals surface area contributed by atoms with Crippen LogP contribution >= 0.6 is 11.6 Å². The second-order valence-corrected chi connectivity index (χ2v) is 7.32. The van der Waals surface area contributed by atoms with Crippen molar-refractivity contribution in [1.29, 1.82) is 0 Å². The molecule has 0 N–H and O–H groups in total. The second kappa shape index (κ2) is 7.72. The predicted octanol–water partition coefficient (Wildman–Crippen LogP) is 6.69. The van der Waals surface area contributed by atoms with Gasteiger partial charge in [-0.1, -0.05) is 28.9 Å². The van der Waals surface area contributed by atoms with Crippen molar-refractivity contribution in [2.24, 2.45) is 0 Å². The minimum atomic E-state index is -4.47. The second-order valence-electron chi connectivity index (χ2n) is 6.92. The summed E-state index contributed by atoms with van der Waals surface area (Å²) in [5.74, 6) is 0.300. The number of alkyl halides is 3. The maximum Gasteiger partial charge on any atom is 0.416 e. The molecule has 0 bridgehead atoms. The molecular weight excluding hydrogens is 441 g/mol. The molecule has 0 unspecified atom stereocenters. The van der Waals surface area contributed by atoms with Crippen LogP contribution in [-0.4, -0.2) is 20.1 Å². The zero-order chi connectivity index (χ0) is 22.3. The van der Waals surface area contributed by atoms with Gasteiger partial charge in [-0.05, 0) is 42.5 Å². The lowest BCUT2D eigenvalue weighted by atomic mass is 10.0. The van der Waals surface area contributed by atoms with E-state index in [1.807, 2.05) is 6.07 Å². The predicted molar refractivity (Wildman–Crippen MR) is 114 cm³/mol. The normalized spacial score (nSPS) is 11.8. The van der Waals surface area contributed by atoms with Gasteiger partial charge < -0.3 is 4.52 Å². The minimum absolute atomic E-state index is 0.271. The molecule has 9 heteroatoms. The quantitative estimate of drug-likeness (QED) is 0.305. The first-order chi connectivity index (χ1) is 15.4. The van der Waals surface area contributed by atoms with E-state index >= 15 is 0 Å². The fourth-order valence-corrected chi connectivity index (χ4v) is 3.63. The van der Waals surface area contributed by atoms with Crippen LogP contribution in [0, 0.1) is 0 Å². The highest BCUT2D eigenvalue weighted by Gasteiger charge is 2.31. The lowest BCUT2D eigenvalue weighted by Gasteiger charge is -2.08. The molecule has 2 aromatic carbocycles. The Labute approximate surface area is 184 Å². The largest absolute Gasteiger partial charge is 0.416 e. The summed E-state index contributed by atoms with van der Waals surface area (Å²) in [5.41, 5.74) is 1.89. The van der Waals surface area contributed by atoms with Crippen molar-refractivity contribution in [3.63, 3.8) is 0 Å². The van der Waals surface area contributed by atoms with Gasteiger partial charge >= 0.3 is 6.18 Å². The van der Waals surface area contributed by atoms with Crippen LogP contribution in [0.4, 0.5) is 13.2 Å². The Morgan fingerprint density at radius 3 is 2.53 bits per heavy atom. The van der Waals surface area contributed by atoms with E-state index in [0.717, 1.165) is 17.7 Å². The lowest BCUT2D eigenvalue weighted by molar-refractivity contribution is -0.137. The molecule has 32 heavy (non-hydrogen) atoms. The number of hydrogen-bond donors (Lipinski definition) is 0. The van der Waals surface area contributed by atoms with E-state index in [4.69, 9.17) is 16.1 Å². The van der Waals surface area contributed by atoms with Crippen molar-refractivity contribution < 1.29 is 17.7 Å². The maximum absolute atomic E-state index is 13.2. The van der Waals surface area contributed by atoms with E-state index in [1.165, 1.54) is 6.07 Å². The zero-order valence-electron chi connectivity index (χ0n) is 16.1. The van der Waals surface area contributed by atoms with Gasteiger partial charge in [-0.15, -0.1) is 0 Å². The average Bonchev–Trinajstić information content (AvgIpc) is 3.23. The monoisotopic (exact) mass is 452 g/mol. The summed E-state index contributed by atoms with van der Waals surface area (Å²) in [6.45, 7) is 0. The van der Waals surface area contributed by atoms with Crippen LogP contribution < -0.4 is 0 Å². The van der Waals surface area contributed by atoms with Crippen LogP contribution in [0.25, 0.3) is 44.9 Å². The minimum Gasteiger partial charge on any atom is -0.355 e. The van der Waals surface area contributed by atoms with E-state index in [9.17, 15) is 13.2 Å². The van der Waals surface area contributed by atoms with E-state index in [2.05, 4.69) is 20.1 Å². The van der Waals surface area contributed by atoms with Gasteiger partial charge in [0.15, 0.2) is 11.4 Å². The summed E-state index contributed by atoms with van der Waals surface area (Å²) < 4.78 is 45.0. The molecule has 0 saturated carbocycles. The molecule has 0 aliphatic heterocycles. The van der Waals surface area contributed by atoms with Gasteiger partial charge in [0.25, 0.3) is 0 Å². The molecule has 158 valence electrons. The molecular formula is C23H12ClF3N4O. The summed E-state index contributed by atoms with van der Waals surface area (Å²) in [7, 11) is 0. The molecule has 5 rings (SSSR count). The van der Waals surface area contributed by atoms with Crippen LogP contribution in [0.2, 0.25) is 5.02 Å². The van der Waals surface area contributed by atoms with Crippen molar-refractivity contribution in [3.8, 4) is 33.9 Å². The first-order valence-electron chi connectivity index (χ1n) is 9.41. The zero-order valence-corrected chi connectivity index (χ0v) is 16.9. The molecule has 5 nitrogen and oxygen atoms in total. The average molecular weight is 453 g/mol. The highest BCUT2D eigenvalue weighted by molar-refractivity contribution is 6.34. The Hall–Kier alpha value is -3.78. The van der Waals surface area contributed by atoms with E-state index in [0.29, 0.717) is 27.5 Å². The van der Waals surface area contributed by atoms with Crippen LogP contribution in [0.15, 0.2) is 77.7 Å². The highest BCUT2D eigenvalue weighted by Crippen LogP contribution is 2.39. The molecule has 0 radical (unpaired) electrons. The molecule has 0 amide bonds.